The Labute approximate surface area is 78.2 Å². The van der Waals surface area contributed by atoms with E-state index in [4.69, 9.17) is 0 Å². The van der Waals surface area contributed by atoms with Gasteiger partial charge in [0.1, 0.15) is 5.82 Å². The fourth-order valence-electron chi connectivity index (χ4n) is 1.08. The van der Waals surface area contributed by atoms with Gasteiger partial charge in [0.05, 0.1) is 0 Å². The van der Waals surface area contributed by atoms with Crippen molar-refractivity contribution < 1.29 is 0 Å². The van der Waals surface area contributed by atoms with Crippen LogP contribution in [-0.2, 0) is 11.8 Å². The van der Waals surface area contributed by atoms with Crippen LogP contribution in [0.25, 0.3) is 0 Å². The molecule has 3 nitrogen and oxygen atoms in total. The quantitative estimate of drug-likeness (QED) is 0.714. The first-order valence-corrected chi connectivity index (χ1v) is 4.54. The minimum atomic E-state index is -0.152. The molecule has 3 heteroatoms. The van der Waals surface area contributed by atoms with Gasteiger partial charge in [-0.1, -0.05) is 27.7 Å². The van der Waals surface area contributed by atoms with Crippen LogP contribution >= 0.6 is 0 Å². The lowest BCUT2D eigenvalue weighted by Crippen LogP contribution is -2.20. The van der Waals surface area contributed by atoms with E-state index in [0.717, 1.165) is 17.9 Å². The van der Waals surface area contributed by atoms with Crippen molar-refractivity contribution in [1.29, 1.82) is 0 Å². The predicted octanol–water partition coefficient (Wildman–Crippen LogP) is 1.63. The topological polar surface area (TPSA) is 45.8 Å². The molecule has 1 heterocycles. The molecule has 0 radical (unpaired) electrons. The van der Waals surface area contributed by atoms with E-state index >= 15 is 0 Å². The van der Waals surface area contributed by atoms with Gasteiger partial charge in [0.25, 0.3) is 5.56 Å². The average Bonchev–Trinajstić information content (AvgIpc) is 2.01. The number of aromatic amines is 1. The molecule has 13 heavy (non-hydrogen) atoms. The van der Waals surface area contributed by atoms with Gasteiger partial charge < -0.3 is 4.98 Å². The summed E-state index contributed by atoms with van der Waals surface area (Å²) in [4.78, 5) is 18.2. The number of nitrogens with one attached hydrogen (secondary N) is 1. The lowest BCUT2D eigenvalue weighted by Gasteiger charge is -2.18. The summed E-state index contributed by atoms with van der Waals surface area (Å²) in [5.74, 6) is 0.762. The Morgan fingerprint density at radius 1 is 1.46 bits per heavy atom. The largest absolute Gasteiger partial charge is 0.346 e. The van der Waals surface area contributed by atoms with Gasteiger partial charge in [-0.2, -0.15) is 4.98 Å². The fourth-order valence-corrected chi connectivity index (χ4v) is 1.08. The van der Waals surface area contributed by atoms with E-state index in [2.05, 4.69) is 30.7 Å². The van der Waals surface area contributed by atoms with Crippen molar-refractivity contribution in [1.82, 2.24) is 9.97 Å². The number of aromatic nitrogens is 2. The second kappa shape index (κ2) is 3.32. The molecular weight excluding hydrogens is 164 g/mol. The normalized spacial score (nSPS) is 11.7. The maximum atomic E-state index is 11.2. The van der Waals surface area contributed by atoms with Crippen LogP contribution in [0, 0.1) is 0 Å². The fraction of sp³-hybridized carbons (Fsp3) is 0.600. The van der Waals surface area contributed by atoms with Crippen LogP contribution in [0.4, 0.5) is 0 Å². The molecule has 0 saturated heterocycles. The second-order valence-electron chi connectivity index (χ2n) is 4.18. The van der Waals surface area contributed by atoms with Gasteiger partial charge in [-0.05, 0) is 0 Å². The molecule has 0 fully saturated rings. The van der Waals surface area contributed by atoms with Gasteiger partial charge in [0.2, 0.25) is 0 Å². The Morgan fingerprint density at radius 2 is 2.08 bits per heavy atom. The summed E-state index contributed by atoms with van der Waals surface area (Å²) < 4.78 is 0. The van der Waals surface area contributed by atoms with Crippen LogP contribution in [0.15, 0.2) is 10.9 Å². The highest BCUT2D eigenvalue weighted by molar-refractivity contribution is 5.12. The van der Waals surface area contributed by atoms with Gasteiger partial charge in [0, 0.05) is 23.6 Å². The summed E-state index contributed by atoms with van der Waals surface area (Å²) in [5, 5.41) is 0. The maximum Gasteiger partial charge on any atom is 0.273 e. The van der Waals surface area contributed by atoms with Gasteiger partial charge in [-0.3, -0.25) is 4.79 Å². The van der Waals surface area contributed by atoms with E-state index in [1.807, 2.05) is 6.92 Å². The van der Waals surface area contributed by atoms with Crippen LogP contribution in [0.2, 0.25) is 0 Å². The molecule has 1 aromatic heterocycles. The molecule has 0 saturated carbocycles. The zero-order valence-electron chi connectivity index (χ0n) is 8.64. The Hall–Kier alpha value is -1.12. The molecule has 0 aromatic carbocycles. The number of rotatable bonds is 1. The van der Waals surface area contributed by atoms with Crippen molar-refractivity contribution in [3.63, 3.8) is 0 Å². The first-order valence-electron chi connectivity index (χ1n) is 4.54. The third-order valence-electron chi connectivity index (χ3n) is 1.93. The van der Waals surface area contributed by atoms with Gasteiger partial charge in [0.15, 0.2) is 0 Å². The van der Waals surface area contributed by atoms with Crippen molar-refractivity contribution in [2.24, 2.45) is 0 Å². The average molecular weight is 180 g/mol. The third-order valence-corrected chi connectivity index (χ3v) is 1.93. The van der Waals surface area contributed by atoms with Crippen molar-refractivity contribution in [3.05, 3.63) is 27.9 Å². The van der Waals surface area contributed by atoms with E-state index in [9.17, 15) is 4.79 Å². The third kappa shape index (κ3) is 2.41. The van der Waals surface area contributed by atoms with Crippen LogP contribution < -0.4 is 5.56 Å². The molecule has 0 spiro atoms. The number of hydrogen-bond donors (Lipinski definition) is 1. The molecule has 0 aliphatic heterocycles. The Morgan fingerprint density at radius 3 is 2.54 bits per heavy atom. The Bertz CT molecular complexity index is 347. The molecule has 0 bridgehead atoms. The van der Waals surface area contributed by atoms with E-state index in [-0.39, 0.29) is 11.0 Å². The Kier molecular flexibility index (Phi) is 2.55. The molecule has 1 rings (SSSR count). The summed E-state index contributed by atoms with van der Waals surface area (Å²) in [6, 6.07) is 1.57. The number of H-pyrrole nitrogens is 1. The van der Waals surface area contributed by atoms with E-state index in [1.54, 1.807) is 6.07 Å². The minimum absolute atomic E-state index is 0.0218. The molecule has 72 valence electrons. The van der Waals surface area contributed by atoms with Crippen molar-refractivity contribution in [3.8, 4) is 0 Å². The monoisotopic (exact) mass is 180 g/mol. The standard InChI is InChI=1S/C10H16N2O/c1-5-8-11-7(10(2,3)4)6-9(13)12-8/h6H,5H2,1-4H3,(H,11,12,13). The SMILES string of the molecule is CCc1nc(=O)cc(C(C)(C)C)[nH]1. The molecular formula is C10H16N2O. The van der Waals surface area contributed by atoms with Crippen LogP contribution in [0.3, 0.4) is 0 Å². The maximum absolute atomic E-state index is 11.2. The minimum Gasteiger partial charge on any atom is -0.346 e. The lowest BCUT2D eigenvalue weighted by molar-refractivity contribution is 0.561. The predicted molar refractivity (Wildman–Crippen MR) is 52.9 cm³/mol. The van der Waals surface area contributed by atoms with E-state index in [0.29, 0.717) is 0 Å². The lowest BCUT2D eigenvalue weighted by atomic mass is 9.92. The van der Waals surface area contributed by atoms with E-state index in [1.165, 1.54) is 0 Å². The van der Waals surface area contributed by atoms with Crippen LogP contribution in [-0.4, -0.2) is 9.97 Å². The summed E-state index contributed by atoms with van der Waals surface area (Å²) >= 11 is 0. The van der Waals surface area contributed by atoms with Crippen molar-refractivity contribution in [2.45, 2.75) is 39.5 Å². The molecule has 0 aliphatic carbocycles. The highest BCUT2D eigenvalue weighted by Crippen LogP contribution is 2.17. The number of nitrogens with zero attached hydrogens (tertiary/aromatic N) is 1. The highest BCUT2D eigenvalue weighted by atomic mass is 16.1. The summed E-state index contributed by atoms with van der Waals surface area (Å²) in [7, 11) is 0. The van der Waals surface area contributed by atoms with Crippen LogP contribution in [0.1, 0.15) is 39.2 Å². The number of aryl methyl sites for hydroxylation is 1. The van der Waals surface area contributed by atoms with Gasteiger partial charge >= 0.3 is 0 Å². The first-order chi connectivity index (χ1) is 5.93. The molecule has 0 amide bonds. The highest BCUT2D eigenvalue weighted by Gasteiger charge is 2.15. The summed E-state index contributed by atoms with van der Waals surface area (Å²) in [5.41, 5.74) is 0.774. The van der Waals surface area contributed by atoms with Crippen molar-refractivity contribution in [2.75, 3.05) is 0 Å². The molecule has 0 aliphatic rings. The summed E-state index contributed by atoms with van der Waals surface area (Å²) in [6.45, 7) is 8.18. The van der Waals surface area contributed by atoms with Crippen LogP contribution in [0.5, 0.6) is 0 Å². The molecule has 0 unspecified atom stereocenters. The number of hydrogen-bond acceptors (Lipinski definition) is 2. The Balaban J connectivity index is 3.24. The summed E-state index contributed by atoms with van der Waals surface area (Å²) in [6.07, 6.45) is 0.763. The smallest absolute Gasteiger partial charge is 0.273 e. The van der Waals surface area contributed by atoms with E-state index < -0.39 is 0 Å². The zero-order valence-corrected chi connectivity index (χ0v) is 8.64. The zero-order chi connectivity index (χ0) is 10.1. The van der Waals surface area contributed by atoms with Gasteiger partial charge in [-0.25, -0.2) is 0 Å². The molecule has 1 N–H and O–H groups in total. The molecule has 0 atom stereocenters. The van der Waals surface area contributed by atoms with Gasteiger partial charge in [-0.15, -0.1) is 0 Å². The second-order valence-corrected chi connectivity index (χ2v) is 4.18. The molecule has 1 aromatic rings. The van der Waals surface area contributed by atoms with Crippen molar-refractivity contribution >= 4 is 0 Å². The first kappa shape index (κ1) is 9.96.